The third-order valence-corrected chi connectivity index (χ3v) is 3.27. The van der Waals surface area contributed by atoms with Gasteiger partial charge in [0.15, 0.2) is 0 Å². The van der Waals surface area contributed by atoms with Crippen LogP contribution in [0.2, 0.25) is 0 Å². The van der Waals surface area contributed by atoms with Crippen molar-refractivity contribution in [3.05, 3.63) is 17.5 Å². The lowest BCUT2D eigenvalue weighted by Crippen LogP contribution is -2.10. The molecular weight excluding hydrogens is 176 g/mol. The zero-order valence-corrected chi connectivity index (χ0v) is 9.12. The van der Waals surface area contributed by atoms with Gasteiger partial charge in [0.25, 0.3) is 0 Å². The van der Waals surface area contributed by atoms with Gasteiger partial charge in [-0.05, 0) is 31.7 Å². The summed E-state index contributed by atoms with van der Waals surface area (Å²) in [5.41, 5.74) is 1.36. The second kappa shape index (κ2) is 3.09. The van der Waals surface area contributed by atoms with Crippen LogP contribution in [0.5, 0.6) is 0 Å². The Hall–Kier alpha value is -0.830. The van der Waals surface area contributed by atoms with E-state index in [1.54, 1.807) is 0 Å². The van der Waals surface area contributed by atoms with E-state index in [2.05, 4.69) is 12.0 Å². The molecule has 0 amide bonds. The van der Waals surface area contributed by atoms with Crippen LogP contribution in [0.4, 0.5) is 0 Å². The minimum atomic E-state index is -0.609. The third kappa shape index (κ3) is 1.36. The van der Waals surface area contributed by atoms with E-state index in [1.165, 1.54) is 0 Å². The van der Waals surface area contributed by atoms with Crippen molar-refractivity contribution in [1.82, 2.24) is 9.78 Å². The van der Waals surface area contributed by atoms with E-state index < -0.39 is 5.60 Å². The van der Waals surface area contributed by atoms with Crippen LogP contribution in [-0.2, 0) is 12.6 Å². The lowest BCUT2D eigenvalue weighted by atomic mass is 10.1. The van der Waals surface area contributed by atoms with Crippen molar-refractivity contribution < 1.29 is 5.11 Å². The summed E-state index contributed by atoms with van der Waals surface area (Å²) in [7, 11) is 1.92. The van der Waals surface area contributed by atoms with E-state index in [0.717, 1.165) is 30.7 Å². The second-order valence-corrected chi connectivity index (χ2v) is 4.41. The highest BCUT2D eigenvalue weighted by molar-refractivity contribution is 5.24. The zero-order valence-electron chi connectivity index (χ0n) is 9.12. The maximum absolute atomic E-state index is 10.3. The van der Waals surface area contributed by atoms with Gasteiger partial charge in [-0.15, -0.1) is 0 Å². The molecule has 0 radical (unpaired) electrons. The molecule has 1 N–H and O–H groups in total. The number of aromatic nitrogens is 2. The molecule has 1 aliphatic rings. The number of hydrogen-bond acceptors (Lipinski definition) is 2. The van der Waals surface area contributed by atoms with E-state index >= 15 is 0 Å². The molecule has 78 valence electrons. The minimum absolute atomic E-state index is 0.432. The van der Waals surface area contributed by atoms with E-state index in [0.29, 0.717) is 5.92 Å². The highest BCUT2D eigenvalue weighted by Gasteiger charge is 2.55. The molecule has 0 aromatic carbocycles. The highest BCUT2D eigenvalue weighted by Crippen LogP contribution is 2.53. The minimum Gasteiger partial charge on any atom is -0.383 e. The van der Waals surface area contributed by atoms with Gasteiger partial charge in [0.2, 0.25) is 0 Å². The lowest BCUT2D eigenvalue weighted by Gasteiger charge is -2.05. The normalized spacial score (nSPS) is 30.7. The van der Waals surface area contributed by atoms with Gasteiger partial charge >= 0.3 is 0 Å². The highest BCUT2D eigenvalue weighted by atomic mass is 16.3. The van der Waals surface area contributed by atoms with Crippen LogP contribution in [0.25, 0.3) is 0 Å². The van der Waals surface area contributed by atoms with Gasteiger partial charge in [-0.2, -0.15) is 5.10 Å². The maximum atomic E-state index is 10.3. The van der Waals surface area contributed by atoms with Crippen molar-refractivity contribution in [2.45, 2.75) is 38.7 Å². The molecule has 1 aromatic rings. The first-order valence-electron chi connectivity index (χ1n) is 5.31. The molecule has 2 atom stereocenters. The van der Waals surface area contributed by atoms with E-state index in [9.17, 15) is 5.11 Å². The van der Waals surface area contributed by atoms with E-state index in [4.69, 9.17) is 0 Å². The van der Waals surface area contributed by atoms with Crippen LogP contribution >= 0.6 is 0 Å². The van der Waals surface area contributed by atoms with Crippen molar-refractivity contribution in [2.75, 3.05) is 0 Å². The summed E-state index contributed by atoms with van der Waals surface area (Å²) < 4.78 is 1.83. The Morgan fingerprint density at radius 3 is 2.93 bits per heavy atom. The molecule has 2 rings (SSSR count). The maximum Gasteiger partial charge on any atom is 0.112 e. The molecule has 2 unspecified atom stereocenters. The fraction of sp³-hybridized carbons (Fsp3) is 0.727. The molecular formula is C11H18N2O. The Morgan fingerprint density at radius 1 is 1.71 bits per heavy atom. The topological polar surface area (TPSA) is 38.0 Å². The number of aryl methyl sites for hydroxylation is 2. The second-order valence-electron chi connectivity index (χ2n) is 4.41. The number of nitrogens with zero attached hydrogens (tertiary/aromatic N) is 2. The number of hydrogen-bond donors (Lipinski definition) is 1. The molecule has 1 aliphatic carbocycles. The number of aliphatic hydroxyl groups is 1. The van der Waals surface area contributed by atoms with Crippen LogP contribution in [0, 0.1) is 12.8 Å². The first-order chi connectivity index (χ1) is 6.58. The fourth-order valence-electron chi connectivity index (χ4n) is 2.09. The molecule has 0 aliphatic heterocycles. The predicted octanol–water partition coefficient (Wildman–Crippen LogP) is 1.74. The van der Waals surface area contributed by atoms with Crippen molar-refractivity contribution >= 4 is 0 Å². The summed E-state index contributed by atoms with van der Waals surface area (Å²) in [5, 5.41) is 14.6. The number of rotatable bonds is 3. The Kier molecular flexibility index (Phi) is 2.14. The van der Waals surface area contributed by atoms with Crippen LogP contribution in [0.3, 0.4) is 0 Å². The van der Waals surface area contributed by atoms with Gasteiger partial charge < -0.3 is 5.11 Å². The van der Waals surface area contributed by atoms with Gasteiger partial charge in [-0.1, -0.05) is 13.3 Å². The zero-order chi connectivity index (χ0) is 10.3. The quantitative estimate of drug-likeness (QED) is 0.795. The summed E-state index contributed by atoms with van der Waals surface area (Å²) in [6.45, 7) is 4.17. The molecule has 1 aromatic heterocycles. The lowest BCUT2D eigenvalue weighted by molar-refractivity contribution is 0.123. The Labute approximate surface area is 84.7 Å². The van der Waals surface area contributed by atoms with Gasteiger partial charge in [0.1, 0.15) is 5.60 Å². The monoisotopic (exact) mass is 194 g/mol. The van der Waals surface area contributed by atoms with Crippen LogP contribution in [0.15, 0.2) is 6.07 Å². The van der Waals surface area contributed by atoms with Gasteiger partial charge in [0.05, 0.1) is 5.69 Å². The van der Waals surface area contributed by atoms with Crippen LogP contribution in [-0.4, -0.2) is 14.9 Å². The standard InChI is InChI=1S/C11H18N2O/c1-4-5-9-7-11(9,14)10-6-8(2)13(3)12-10/h6,9,14H,4-5,7H2,1-3H3. The molecule has 1 heterocycles. The Balaban J connectivity index is 2.17. The molecule has 0 bridgehead atoms. The van der Waals surface area contributed by atoms with Crippen molar-refractivity contribution in [3.63, 3.8) is 0 Å². The SMILES string of the molecule is CCCC1CC1(O)c1cc(C)n(C)n1. The predicted molar refractivity (Wildman–Crippen MR) is 54.9 cm³/mol. The molecule has 1 fully saturated rings. The Morgan fingerprint density at radius 2 is 2.43 bits per heavy atom. The fourth-order valence-corrected chi connectivity index (χ4v) is 2.09. The Bertz CT molecular complexity index is 326. The first kappa shape index (κ1) is 9.71. The van der Waals surface area contributed by atoms with Gasteiger partial charge in [0, 0.05) is 12.7 Å². The average Bonchev–Trinajstić information content (AvgIpc) is 2.65. The smallest absolute Gasteiger partial charge is 0.112 e. The molecule has 14 heavy (non-hydrogen) atoms. The van der Waals surface area contributed by atoms with E-state index in [-0.39, 0.29) is 0 Å². The van der Waals surface area contributed by atoms with E-state index in [1.807, 2.05) is 24.7 Å². The summed E-state index contributed by atoms with van der Waals surface area (Å²) in [6, 6.07) is 2.00. The molecule has 3 heteroatoms. The van der Waals surface area contributed by atoms with Crippen LogP contribution in [0.1, 0.15) is 37.6 Å². The largest absolute Gasteiger partial charge is 0.383 e. The molecule has 1 saturated carbocycles. The van der Waals surface area contributed by atoms with Crippen molar-refractivity contribution in [2.24, 2.45) is 13.0 Å². The summed E-state index contributed by atoms with van der Waals surface area (Å²) in [6.07, 6.45) is 3.13. The van der Waals surface area contributed by atoms with Crippen molar-refractivity contribution in [3.8, 4) is 0 Å². The third-order valence-electron chi connectivity index (χ3n) is 3.27. The molecule has 3 nitrogen and oxygen atoms in total. The molecule has 0 saturated heterocycles. The molecule has 0 spiro atoms. The summed E-state index contributed by atoms with van der Waals surface area (Å²) >= 11 is 0. The van der Waals surface area contributed by atoms with Gasteiger partial charge in [-0.25, -0.2) is 0 Å². The van der Waals surface area contributed by atoms with Crippen molar-refractivity contribution in [1.29, 1.82) is 0 Å². The summed E-state index contributed by atoms with van der Waals surface area (Å²) in [5.74, 6) is 0.432. The van der Waals surface area contributed by atoms with Gasteiger partial charge in [-0.3, -0.25) is 4.68 Å². The first-order valence-corrected chi connectivity index (χ1v) is 5.31. The summed E-state index contributed by atoms with van der Waals surface area (Å²) in [4.78, 5) is 0. The van der Waals surface area contributed by atoms with Crippen LogP contribution < -0.4 is 0 Å². The average molecular weight is 194 g/mol.